The number of hydrogen-bond donors (Lipinski definition) is 2. The number of rotatable bonds is 5. The van der Waals surface area contributed by atoms with E-state index in [4.69, 9.17) is 0 Å². The highest BCUT2D eigenvalue weighted by atomic mass is 32.2. The van der Waals surface area contributed by atoms with Crippen molar-refractivity contribution in [3.8, 4) is 0 Å². The van der Waals surface area contributed by atoms with Crippen molar-refractivity contribution in [3.63, 3.8) is 0 Å². The second-order valence-electron chi connectivity index (χ2n) is 5.03. The number of hydrogen-bond acceptors (Lipinski definition) is 6. The molecule has 0 bridgehead atoms. The van der Waals surface area contributed by atoms with Crippen LogP contribution in [-0.4, -0.2) is 64.9 Å². The SMILES string of the molecule is CC(CS(C)(=O)=O)NC(=O)CC1CS(=O)(=O)CCN1. The lowest BCUT2D eigenvalue weighted by molar-refractivity contribution is -0.121. The monoisotopic (exact) mass is 312 g/mol. The van der Waals surface area contributed by atoms with Gasteiger partial charge in [0.2, 0.25) is 5.91 Å². The Morgan fingerprint density at radius 3 is 2.63 bits per heavy atom. The van der Waals surface area contributed by atoms with E-state index in [9.17, 15) is 21.6 Å². The van der Waals surface area contributed by atoms with E-state index in [0.717, 1.165) is 6.26 Å². The van der Waals surface area contributed by atoms with Gasteiger partial charge in [0.1, 0.15) is 9.84 Å². The van der Waals surface area contributed by atoms with Crippen LogP contribution in [0.4, 0.5) is 0 Å². The van der Waals surface area contributed by atoms with Crippen LogP contribution in [0.5, 0.6) is 0 Å². The quantitative estimate of drug-likeness (QED) is 0.627. The standard InChI is InChI=1S/C10H20N2O5S2/c1-8(6-18(2,14)15)12-10(13)5-9-7-19(16,17)4-3-11-9/h8-9,11H,3-7H2,1-2H3,(H,12,13). The molecule has 0 aromatic carbocycles. The van der Waals surface area contributed by atoms with Gasteiger partial charge in [0.15, 0.2) is 9.84 Å². The second-order valence-corrected chi connectivity index (χ2v) is 9.44. The van der Waals surface area contributed by atoms with Crippen molar-refractivity contribution in [2.24, 2.45) is 0 Å². The van der Waals surface area contributed by atoms with Crippen molar-refractivity contribution in [2.75, 3.05) is 30.1 Å². The van der Waals surface area contributed by atoms with Crippen LogP contribution in [0.15, 0.2) is 0 Å². The molecule has 19 heavy (non-hydrogen) atoms. The van der Waals surface area contributed by atoms with Crippen LogP contribution in [0, 0.1) is 0 Å². The van der Waals surface area contributed by atoms with Gasteiger partial charge in [-0.3, -0.25) is 4.79 Å². The van der Waals surface area contributed by atoms with E-state index in [0.29, 0.717) is 6.54 Å². The minimum atomic E-state index is -3.15. The largest absolute Gasteiger partial charge is 0.353 e. The molecule has 1 rings (SSSR count). The number of sulfone groups is 2. The van der Waals surface area contributed by atoms with E-state index in [1.807, 2.05) is 0 Å². The summed E-state index contributed by atoms with van der Waals surface area (Å²) in [6.45, 7) is 1.95. The molecule has 9 heteroatoms. The summed E-state index contributed by atoms with van der Waals surface area (Å²) in [5.74, 6) is -0.434. The summed E-state index contributed by atoms with van der Waals surface area (Å²) < 4.78 is 44.9. The van der Waals surface area contributed by atoms with Gasteiger partial charge in [0.05, 0.1) is 17.3 Å². The van der Waals surface area contributed by atoms with Gasteiger partial charge in [-0.1, -0.05) is 0 Å². The molecule has 2 unspecified atom stereocenters. The van der Waals surface area contributed by atoms with Crippen molar-refractivity contribution in [2.45, 2.75) is 25.4 Å². The molecule has 1 aliphatic heterocycles. The summed E-state index contributed by atoms with van der Waals surface area (Å²) in [5.41, 5.74) is 0. The van der Waals surface area contributed by atoms with E-state index in [1.165, 1.54) is 0 Å². The van der Waals surface area contributed by atoms with Crippen molar-refractivity contribution in [1.82, 2.24) is 10.6 Å². The molecular formula is C10H20N2O5S2. The Balaban J connectivity index is 2.43. The molecule has 1 saturated heterocycles. The van der Waals surface area contributed by atoms with Crippen LogP contribution in [0.25, 0.3) is 0 Å². The Kier molecular flexibility index (Phi) is 5.34. The zero-order valence-corrected chi connectivity index (χ0v) is 12.7. The molecule has 0 aromatic heterocycles. The zero-order chi connectivity index (χ0) is 14.7. The van der Waals surface area contributed by atoms with E-state index in [2.05, 4.69) is 10.6 Å². The third-order valence-electron chi connectivity index (χ3n) is 2.69. The molecule has 1 aliphatic rings. The number of amides is 1. The molecule has 1 heterocycles. The minimum Gasteiger partial charge on any atom is -0.353 e. The van der Waals surface area contributed by atoms with Gasteiger partial charge in [-0.15, -0.1) is 0 Å². The van der Waals surface area contributed by atoms with Crippen molar-refractivity contribution >= 4 is 25.6 Å². The molecule has 0 aliphatic carbocycles. The summed E-state index contributed by atoms with van der Waals surface area (Å²) in [5, 5.41) is 5.53. The van der Waals surface area contributed by atoms with Gasteiger partial charge in [-0.05, 0) is 6.92 Å². The third kappa shape index (κ3) is 6.88. The van der Waals surface area contributed by atoms with Crippen LogP contribution >= 0.6 is 0 Å². The highest BCUT2D eigenvalue weighted by molar-refractivity contribution is 7.91. The second kappa shape index (κ2) is 6.19. The molecule has 7 nitrogen and oxygen atoms in total. The molecule has 2 N–H and O–H groups in total. The predicted molar refractivity (Wildman–Crippen MR) is 72.4 cm³/mol. The minimum absolute atomic E-state index is 0.0351. The highest BCUT2D eigenvalue weighted by Gasteiger charge is 2.26. The van der Waals surface area contributed by atoms with Gasteiger partial charge in [-0.25, -0.2) is 16.8 Å². The maximum atomic E-state index is 11.7. The average molecular weight is 312 g/mol. The Morgan fingerprint density at radius 2 is 2.11 bits per heavy atom. The predicted octanol–water partition coefficient (Wildman–Crippen LogP) is -1.69. The van der Waals surface area contributed by atoms with E-state index >= 15 is 0 Å². The molecule has 112 valence electrons. The molecule has 0 aromatic rings. The molecule has 2 atom stereocenters. The van der Waals surface area contributed by atoms with Gasteiger partial charge in [0.25, 0.3) is 0 Å². The number of carbonyl (C=O) groups is 1. The average Bonchev–Trinajstić information content (AvgIpc) is 2.11. The number of carbonyl (C=O) groups excluding carboxylic acids is 1. The Morgan fingerprint density at radius 1 is 1.47 bits per heavy atom. The fraction of sp³-hybridized carbons (Fsp3) is 0.900. The van der Waals surface area contributed by atoms with Gasteiger partial charge in [-0.2, -0.15) is 0 Å². The summed E-state index contributed by atoms with van der Waals surface area (Å²) in [4.78, 5) is 11.7. The van der Waals surface area contributed by atoms with E-state index < -0.39 is 31.8 Å². The lowest BCUT2D eigenvalue weighted by Gasteiger charge is -2.23. The Labute approximate surface area is 114 Å². The molecule has 1 amide bonds. The van der Waals surface area contributed by atoms with Crippen LogP contribution in [-0.2, 0) is 24.5 Å². The topological polar surface area (TPSA) is 109 Å². The fourth-order valence-electron chi connectivity index (χ4n) is 2.05. The van der Waals surface area contributed by atoms with Gasteiger partial charge < -0.3 is 10.6 Å². The van der Waals surface area contributed by atoms with Crippen molar-refractivity contribution in [1.29, 1.82) is 0 Å². The molecule has 0 spiro atoms. The van der Waals surface area contributed by atoms with Crippen molar-refractivity contribution in [3.05, 3.63) is 0 Å². The number of nitrogens with one attached hydrogen (secondary N) is 2. The first kappa shape index (κ1) is 16.4. The highest BCUT2D eigenvalue weighted by Crippen LogP contribution is 2.05. The summed E-state index contributed by atoms with van der Waals surface area (Å²) in [6, 6.07) is -0.883. The molecule has 0 saturated carbocycles. The van der Waals surface area contributed by atoms with Gasteiger partial charge in [0, 0.05) is 31.3 Å². The summed E-state index contributed by atoms with van der Waals surface area (Å²) in [7, 11) is -6.22. The first-order chi connectivity index (χ1) is 8.57. The van der Waals surface area contributed by atoms with Crippen LogP contribution in [0.1, 0.15) is 13.3 Å². The zero-order valence-electron chi connectivity index (χ0n) is 11.0. The lowest BCUT2D eigenvalue weighted by atomic mass is 10.2. The third-order valence-corrected chi connectivity index (χ3v) is 5.53. The first-order valence-corrected chi connectivity index (χ1v) is 9.86. The normalized spacial score (nSPS) is 24.6. The first-order valence-electron chi connectivity index (χ1n) is 5.98. The molecule has 1 fully saturated rings. The Bertz CT molecular complexity index is 526. The van der Waals surface area contributed by atoms with E-state index in [1.54, 1.807) is 6.92 Å². The van der Waals surface area contributed by atoms with Crippen LogP contribution in [0.3, 0.4) is 0 Å². The lowest BCUT2D eigenvalue weighted by Crippen LogP contribution is -2.48. The maximum Gasteiger partial charge on any atom is 0.221 e. The van der Waals surface area contributed by atoms with Crippen LogP contribution in [0.2, 0.25) is 0 Å². The smallest absolute Gasteiger partial charge is 0.221 e. The summed E-state index contributed by atoms with van der Waals surface area (Å²) in [6.07, 6.45) is 1.14. The molecule has 0 radical (unpaired) electrons. The Hall–Kier alpha value is -0.670. The van der Waals surface area contributed by atoms with Crippen molar-refractivity contribution < 1.29 is 21.6 Å². The maximum absolute atomic E-state index is 11.7. The van der Waals surface area contributed by atoms with Crippen LogP contribution < -0.4 is 10.6 Å². The van der Waals surface area contributed by atoms with Gasteiger partial charge >= 0.3 is 0 Å². The fourth-order valence-corrected chi connectivity index (χ4v) is 4.49. The van der Waals surface area contributed by atoms with E-state index in [-0.39, 0.29) is 29.6 Å². The molecular weight excluding hydrogens is 292 g/mol. The summed E-state index contributed by atoms with van der Waals surface area (Å²) >= 11 is 0.